The first kappa shape index (κ1) is 26.7. The second-order valence-electron chi connectivity index (χ2n) is 9.14. The molecule has 5 N–H and O–H groups in total. The average molecular weight is 524 g/mol. The van der Waals surface area contributed by atoms with Crippen molar-refractivity contribution < 1.29 is 24.2 Å². The normalized spacial score (nSPS) is 16.4. The molecule has 2 aromatic rings. The highest BCUT2D eigenvalue weighted by Crippen LogP contribution is 2.24. The highest BCUT2D eigenvalue weighted by Gasteiger charge is 2.28. The van der Waals surface area contributed by atoms with Crippen molar-refractivity contribution in [2.24, 2.45) is 10.9 Å². The Morgan fingerprint density at radius 1 is 1.16 bits per heavy atom. The molecule has 2 aliphatic heterocycles. The highest BCUT2D eigenvalue weighted by molar-refractivity contribution is 5.94. The van der Waals surface area contributed by atoms with Gasteiger partial charge in [-0.15, -0.1) is 0 Å². The molecule has 12 heteroatoms. The number of aliphatic imine (C=N–C) groups is 1. The van der Waals surface area contributed by atoms with Crippen molar-refractivity contribution in [3.05, 3.63) is 54.2 Å². The number of piperidine rings is 1. The number of anilines is 2. The number of pyridine rings is 1. The van der Waals surface area contributed by atoms with Gasteiger partial charge in [0.05, 0.1) is 0 Å². The molecule has 1 aromatic carbocycles. The fraction of sp³-hybridized carbons (Fsp3) is 0.423. The lowest BCUT2D eigenvalue weighted by Crippen LogP contribution is -2.50. The molecule has 202 valence electrons. The van der Waals surface area contributed by atoms with Crippen LogP contribution in [0.25, 0.3) is 0 Å². The van der Waals surface area contributed by atoms with E-state index in [1.807, 2.05) is 30.3 Å². The van der Waals surface area contributed by atoms with Gasteiger partial charge in [-0.25, -0.2) is 14.6 Å². The standard InChI is InChI=1S/C26H33N7O5/c34-23(30-16-21(24(35)36)32-26(37)38-17-18-5-2-1-3-6-18)19-8-13-33(14-9-19)22-15-20(7-12-27-22)31-25-28-10-4-11-29-25/h1-3,5-7,12,15,19,21H,4,8-11,13-14,16-17H2,(H,30,34)(H,32,37)(H,35,36)(H2,27,28,29,31)/t21-/m0/s1. The third-order valence-corrected chi connectivity index (χ3v) is 6.38. The van der Waals surface area contributed by atoms with Crippen molar-refractivity contribution in [3.63, 3.8) is 0 Å². The van der Waals surface area contributed by atoms with Crippen molar-refractivity contribution in [2.45, 2.75) is 31.9 Å². The lowest BCUT2D eigenvalue weighted by Gasteiger charge is -2.32. The molecule has 0 radical (unpaired) electrons. The number of ether oxygens (including phenoxy) is 1. The van der Waals surface area contributed by atoms with Gasteiger partial charge in [-0.05, 0) is 30.9 Å². The first-order valence-electron chi connectivity index (χ1n) is 12.7. The fourth-order valence-electron chi connectivity index (χ4n) is 4.25. The van der Waals surface area contributed by atoms with Crippen molar-refractivity contribution in [2.75, 3.05) is 42.9 Å². The van der Waals surface area contributed by atoms with Gasteiger partial charge in [-0.3, -0.25) is 9.79 Å². The fourth-order valence-corrected chi connectivity index (χ4v) is 4.25. The smallest absolute Gasteiger partial charge is 0.408 e. The van der Waals surface area contributed by atoms with Gasteiger partial charge in [0.1, 0.15) is 18.5 Å². The second-order valence-corrected chi connectivity index (χ2v) is 9.14. The van der Waals surface area contributed by atoms with Crippen LogP contribution < -0.4 is 26.2 Å². The van der Waals surface area contributed by atoms with E-state index in [0.717, 1.165) is 42.5 Å². The molecule has 1 fully saturated rings. The van der Waals surface area contributed by atoms with Crippen molar-refractivity contribution in [1.82, 2.24) is 20.9 Å². The zero-order valence-electron chi connectivity index (χ0n) is 21.1. The van der Waals surface area contributed by atoms with Crippen molar-refractivity contribution >= 4 is 35.4 Å². The van der Waals surface area contributed by atoms with E-state index in [2.05, 4.69) is 36.1 Å². The van der Waals surface area contributed by atoms with E-state index in [-0.39, 0.29) is 25.0 Å². The first-order chi connectivity index (χ1) is 18.5. The van der Waals surface area contributed by atoms with Crippen LogP contribution in [0.15, 0.2) is 53.7 Å². The van der Waals surface area contributed by atoms with Gasteiger partial charge < -0.3 is 36.0 Å². The predicted octanol–water partition coefficient (Wildman–Crippen LogP) is 1.56. The molecule has 0 aliphatic carbocycles. The third-order valence-electron chi connectivity index (χ3n) is 6.38. The van der Waals surface area contributed by atoms with Gasteiger partial charge >= 0.3 is 12.1 Å². The van der Waals surface area contributed by atoms with Crippen molar-refractivity contribution in [1.29, 1.82) is 0 Å². The topological polar surface area (TPSA) is 157 Å². The van der Waals surface area contributed by atoms with Gasteiger partial charge in [0.25, 0.3) is 0 Å². The number of hydrogen-bond donors (Lipinski definition) is 5. The van der Waals surface area contributed by atoms with E-state index in [1.165, 1.54) is 0 Å². The van der Waals surface area contributed by atoms with Gasteiger partial charge in [0, 0.05) is 56.6 Å². The van der Waals surface area contributed by atoms with E-state index in [1.54, 1.807) is 18.3 Å². The lowest BCUT2D eigenvalue weighted by molar-refractivity contribution is -0.139. The molecule has 0 bridgehead atoms. The van der Waals surface area contributed by atoms with E-state index in [9.17, 15) is 19.5 Å². The summed E-state index contributed by atoms with van der Waals surface area (Å²) >= 11 is 0. The molecule has 2 amide bonds. The summed E-state index contributed by atoms with van der Waals surface area (Å²) in [5.74, 6) is -0.185. The maximum Gasteiger partial charge on any atom is 0.408 e. The quantitative estimate of drug-likeness (QED) is 0.329. The summed E-state index contributed by atoms with van der Waals surface area (Å²) in [6.45, 7) is 2.75. The minimum Gasteiger partial charge on any atom is -0.480 e. The number of carboxylic acid groups (broad SMARTS) is 1. The summed E-state index contributed by atoms with van der Waals surface area (Å²) in [7, 11) is 0. The molecule has 0 spiro atoms. The Labute approximate surface area is 220 Å². The number of nitrogens with zero attached hydrogens (tertiary/aromatic N) is 3. The molecule has 0 unspecified atom stereocenters. The van der Waals surface area contributed by atoms with Crippen LogP contribution in [-0.2, 0) is 20.9 Å². The van der Waals surface area contributed by atoms with Crippen LogP contribution in [0.2, 0.25) is 0 Å². The number of aromatic nitrogens is 1. The molecule has 1 aromatic heterocycles. The summed E-state index contributed by atoms with van der Waals surface area (Å²) in [5, 5.41) is 20.9. The summed E-state index contributed by atoms with van der Waals surface area (Å²) in [4.78, 5) is 47.4. The van der Waals surface area contributed by atoms with Gasteiger partial charge in [0.2, 0.25) is 5.91 Å². The lowest BCUT2D eigenvalue weighted by atomic mass is 9.95. The maximum absolute atomic E-state index is 12.7. The Hall–Kier alpha value is -4.35. The first-order valence-corrected chi connectivity index (χ1v) is 12.7. The Morgan fingerprint density at radius 3 is 2.66 bits per heavy atom. The Bertz CT molecular complexity index is 1140. The molecule has 4 rings (SSSR count). The molecule has 1 atom stereocenters. The Balaban J connectivity index is 1.21. The second kappa shape index (κ2) is 13.3. The Morgan fingerprint density at radius 2 is 1.95 bits per heavy atom. The number of alkyl carbamates (subject to hydrolysis) is 1. The largest absolute Gasteiger partial charge is 0.480 e. The van der Waals surface area contributed by atoms with E-state index in [4.69, 9.17) is 4.74 Å². The highest BCUT2D eigenvalue weighted by atomic mass is 16.5. The summed E-state index contributed by atoms with van der Waals surface area (Å²) in [6.07, 6.45) is 3.10. The van der Waals surface area contributed by atoms with E-state index < -0.39 is 18.1 Å². The monoisotopic (exact) mass is 523 g/mol. The number of rotatable bonds is 9. The third kappa shape index (κ3) is 7.82. The summed E-state index contributed by atoms with van der Waals surface area (Å²) in [5.41, 5.74) is 1.67. The number of carbonyl (C=O) groups excluding carboxylic acids is 2. The molecule has 3 heterocycles. The van der Waals surface area contributed by atoms with Gasteiger partial charge in [-0.1, -0.05) is 30.3 Å². The van der Waals surface area contributed by atoms with Crippen LogP contribution >= 0.6 is 0 Å². The van der Waals surface area contributed by atoms with Crippen LogP contribution in [0.4, 0.5) is 16.3 Å². The number of guanidine groups is 1. The van der Waals surface area contributed by atoms with Gasteiger partial charge in [0.15, 0.2) is 5.96 Å². The zero-order valence-corrected chi connectivity index (χ0v) is 21.1. The SMILES string of the molecule is O=C(N[C@@H](CNC(=O)C1CCN(c2cc(NC3=NCCCN3)ccn2)CC1)C(=O)O)OCc1ccccc1. The van der Waals surface area contributed by atoms with E-state index in [0.29, 0.717) is 25.9 Å². The molecule has 1 saturated heterocycles. The number of hydrogen-bond acceptors (Lipinski definition) is 9. The predicted molar refractivity (Wildman–Crippen MR) is 142 cm³/mol. The Kier molecular flexibility index (Phi) is 9.32. The van der Waals surface area contributed by atoms with E-state index >= 15 is 0 Å². The van der Waals surface area contributed by atoms with Gasteiger partial charge in [-0.2, -0.15) is 0 Å². The minimum absolute atomic E-state index is 0.0173. The van der Waals surface area contributed by atoms with Crippen LogP contribution in [0.1, 0.15) is 24.8 Å². The van der Waals surface area contributed by atoms with Crippen LogP contribution in [-0.4, -0.2) is 72.8 Å². The maximum atomic E-state index is 12.7. The number of benzene rings is 1. The molecule has 12 nitrogen and oxygen atoms in total. The minimum atomic E-state index is -1.30. The zero-order chi connectivity index (χ0) is 26.7. The summed E-state index contributed by atoms with van der Waals surface area (Å²) < 4.78 is 5.08. The molecule has 38 heavy (non-hydrogen) atoms. The molecular formula is C26H33N7O5. The molecule has 0 saturated carbocycles. The number of amides is 2. The number of aliphatic carboxylic acids is 1. The van der Waals surface area contributed by atoms with Crippen LogP contribution in [0.5, 0.6) is 0 Å². The number of nitrogens with one attached hydrogen (secondary N) is 4. The summed E-state index contributed by atoms with van der Waals surface area (Å²) in [6, 6.07) is 11.6. The van der Waals surface area contributed by atoms with Crippen molar-refractivity contribution in [3.8, 4) is 0 Å². The van der Waals surface area contributed by atoms with Crippen LogP contribution in [0.3, 0.4) is 0 Å². The molecular weight excluding hydrogens is 490 g/mol. The number of carbonyl (C=O) groups is 3. The average Bonchev–Trinajstić information content (AvgIpc) is 2.95. The van der Waals surface area contributed by atoms with Crippen LogP contribution in [0, 0.1) is 5.92 Å². The molecule has 2 aliphatic rings. The number of carboxylic acids is 1.